The van der Waals surface area contributed by atoms with Crippen molar-refractivity contribution in [1.29, 1.82) is 0 Å². The Balaban J connectivity index is 0. The van der Waals surface area contributed by atoms with Crippen LogP contribution in [0.4, 0.5) is 5.69 Å². The van der Waals surface area contributed by atoms with Crippen molar-refractivity contribution in [3.05, 3.63) is 42.5 Å². The van der Waals surface area contributed by atoms with Crippen LogP contribution in [0, 0.1) is 0 Å². The van der Waals surface area contributed by atoms with Gasteiger partial charge in [0.15, 0.2) is 0 Å². The molecule has 0 unspecified atom stereocenters. The van der Waals surface area contributed by atoms with Crippen molar-refractivity contribution in [2.24, 2.45) is 0 Å². The van der Waals surface area contributed by atoms with Crippen LogP contribution in [0.25, 0.3) is 0 Å². The molecule has 0 atom stereocenters. The molecular formula is C14H23NO. The number of anilines is 1. The molecule has 0 heterocycles. The van der Waals surface area contributed by atoms with Crippen molar-refractivity contribution < 1.29 is 4.79 Å². The predicted octanol–water partition coefficient (Wildman–Crippen LogP) is 4.04. The number of aryl methyl sites for hydroxylation is 1. The minimum Gasteiger partial charge on any atom is -0.323 e. The molecule has 0 radical (unpaired) electrons. The number of hydrogen-bond donors (Lipinski definition) is 1. The van der Waals surface area contributed by atoms with Crippen LogP contribution < -0.4 is 5.32 Å². The van der Waals surface area contributed by atoms with Crippen molar-refractivity contribution in [3.63, 3.8) is 0 Å². The zero-order valence-corrected chi connectivity index (χ0v) is 8.42. The quantitative estimate of drug-likeness (QED) is 0.764. The van der Waals surface area contributed by atoms with Gasteiger partial charge in [-0.2, -0.15) is 0 Å². The van der Waals surface area contributed by atoms with Gasteiger partial charge in [-0.1, -0.05) is 46.9 Å². The zero-order chi connectivity index (χ0) is 10.4. The highest BCUT2D eigenvalue weighted by atomic mass is 16.1. The summed E-state index contributed by atoms with van der Waals surface area (Å²) < 4.78 is 0. The van der Waals surface area contributed by atoms with E-state index in [1.54, 1.807) is 0 Å². The minimum absolute atomic E-state index is 0. The minimum atomic E-state index is -0.173. The molecule has 1 aromatic rings. The van der Waals surface area contributed by atoms with E-state index in [-0.39, 0.29) is 20.8 Å². The van der Waals surface area contributed by atoms with Gasteiger partial charge in [-0.15, -0.1) is 0 Å². The van der Waals surface area contributed by atoms with Crippen LogP contribution in [0.3, 0.4) is 0 Å². The van der Waals surface area contributed by atoms with Gasteiger partial charge in [-0.05, 0) is 30.2 Å². The number of carbonyl (C=O) groups excluding carboxylic acids is 1. The van der Waals surface area contributed by atoms with Gasteiger partial charge < -0.3 is 5.32 Å². The average molecular weight is 221 g/mol. The van der Waals surface area contributed by atoms with Gasteiger partial charge in [-0.3, -0.25) is 4.79 Å². The molecule has 2 nitrogen and oxygen atoms in total. The summed E-state index contributed by atoms with van der Waals surface area (Å²) in [6.45, 7) is 5.54. The monoisotopic (exact) mass is 221 g/mol. The summed E-state index contributed by atoms with van der Waals surface area (Å²) in [5.41, 5.74) is 2.11. The third kappa shape index (κ3) is 5.35. The van der Waals surface area contributed by atoms with Gasteiger partial charge in [0.05, 0.1) is 0 Å². The smallest absolute Gasteiger partial charge is 0.247 e. The third-order valence-electron chi connectivity index (χ3n) is 1.95. The Morgan fingerprint density at radius 3 is 2.31 bits per heavy atom. The molecular weight excluding hydrogens is 198 g/mol. The average Bonchev–Trinajstić information content (AvgIpc) is 2.21. The summed E-state index contributed by atoms with van der Waals surface area (Å²) in [5, 5.41) is 2.70. The molecule has 0 bridgehead atoms. The molecule has 0 spiro atoms. The second kappa shape index (κ2) is 8.72. The fraction of sp³-hybridized carbons (Fsp3) is 0.357. The first-order valence-corrected chi connectivity index (χ1v) is 4.78. The molecule has 0 saturated heterocycles. The van der Waals surface area contributed by atoms with Gasteiger partial charge in [0, 0.05) is 5.69 Å². The normalized spacial score (nSPS) is 8.31. The maximum atomic E-state index is 11.0. The number of rotatable bonds is 4. The third-order valence-corrected chi connectivity index (χ3v) is 1.95. The SMILES string of the molecule is C.C.C=CC(=O)Nc1ccc(CCC)cc1. The van der Waals surface area contributed by atoms with E-state index in [2.05, 4.69) is 18.8 Å². The molecule has 16 heavy (non-hydrogen) atoms. The number of carbonyl (C=O) groups is 1. The van der Waals surface area contributed by atoms with E-state index in [4.69, 9.17) is 0 Å². The lowest BCUT2D eigenvalue weighted by Gasteiger charge is -2.03. The Morgan fingerprint density at radius 1 is 1.31 bits per heavy atom. The summed E-state index contributed by atoms with van der Waals surface area (Å²) in [5.74, 6) is -0.173. The van der Waals surface area contributed by atoms with Crippen LogP contribution in [0.2, 0.25) is 0 Å². The van der Waals surface area contributed by atoms with Crippen molar-refractivity contribution in [2.75, 3.05) is 5.32 Å². The van der Waals surface area contributed by atoms with Crippen molar-refractivity contribution in [2.45, 2.75) is 34.6 Å². The fourth-order valence-electron chi connectivity index (χ4n) is 1.24. The molecule has 90 valence electrons. The van der Waals surface area contributed by atoms with Crippen LogP contribution in [0.15, 0.2) is 36.9 Å². The summed E-state index contributed by atoms with van der Waals surface area (Å²) in [7, 11) is 0. The first-order valence-electron chi connectivity index (χ1n) is 4.78. The highest BCUT2D eigenvalue weighted by molar-refractivity contribution is 5.98. The van der Waals surface area contributed by atoms with E-state index >= 15 is 0 Å². The molecule has 0 aliphatic carbocycles. The first-order chi connectivity index (χ1) is 6.76. The van der Waals surface area contributed by atoms with Crippen LogP contribution >= 0.6 is 0 Å². The topological polar surface area (TPSA) is 29.1 Å². The highest BCUT2D eigenvalue weighted by Gasteiger charge is 1.96. The highest BCUT2D eigenvalue weighted by Crippen LogP contribution is 2.10. The number of benzene rings is 1. The Morgan fingerprint density at radius 2 is 1.88 bits per heavy atom. The molecule has 1 rings (SSSR count). The second-order valence-electron chi connectivity index (χ2n) is 3.14. The summed E-state index contributed by atoms with van der Waals surface area (Å²) in [6, 6.07) is 7.88. The molecule has 1 amide bonds. The molecule has 1 N–H and O–H groups in total. The van der Waals surface area contributed by atoms with Crippen LogP contribution in [-0.2, 0) is 11.2 Å². The molecule has 0 fully saturated rings. The molecule has 0 saturated carbocycles. The van der Waals surface area contributed by atoms with E-state index in [9.17, 15) is 4.79 Å². The lowest BCUT2D eigenvalue weighted by atomic mass is 10.1. The molecule has 2 heteroatoms. The van der Waals surface area contributed by atoms with Crippen LogP contribution in [0.5, 0.6) is 0 Å². The lowest BCUT2D eigenvalue weighted by Crippen LogP contribution is -2.06. The first kappa shape index (κ1) is 16.8. The predicted molar refractivity (Wildman–Crippen MR) is 72.7 cm³/mol. The fourth-order valence-corrected chi connectivity index (χ4v) is 1.24. The number of hydrogen-bond acceptors (Lipinski definition) is 1. The van der Waals surface area contributed by atoms with Gasteiger partial charge in [0.2, 0.25) is 5.91 Å². The van der Waals surface area contributed by atoms with Crippen molar-refractivity contribution >= 4 is 11.6 Å². The molecule has 0 aromatic heterocycles. The number of amides is 1. The van der Waals surface area contributed by atoms with E-state index < -0.39 is 0 Å². The van der Waals surface area contributed by atoms with Crippen LogP contribution in [-0.4, -0.2) is 5.91 Å². The largest absolute Gasteiger partial charge is 0.323 e. The Bertz CT molecular complexity index is 314. The Hall–Kier alpha value is -1.57. The van der Waals surface area contributed by atoms with Crippen molar-refractivity contribution in [3.8, 4) is 0 Å². The molecule has 1 aromatic carbocycles. The van der Waals surface area contributed by atoms with Crippen molar-refractivity contribution in [1.82, 2.24) is 0 Å². The summed E-state index contributed by atoms with van der Waals surface area (Å²) in [6.07, 6.45) is 3.48. The maximum Gasteiger partial charge on any atom is 0.247 e. The Kier molecular flexibility index (Phi) is 9.18. The lowest BCUT2D eigenvalue weighted by molar-refractivity contribution is -0.111. The van der Waals surface area contributed by atoms with E-state index in [0.717, 1.165) is 18.5 Å². The summed E-state index contributed by atoms with van der Waals surface area (Å²) in [4.78, 5) is 11.0. The Labute approximate surface area is 99.4 Å². The number of nitrogens with one attached hydrogen (secondary N) is 1. The van der Waals surface area contributed by atoms with Gasteiger partial charge >= 0.3 is 0 Å². The van der Waals surface area contributed by atoms with Gasteiger partial charge in [-0.25, -0.2) is 0 Å². The molecule has 0 aliphatic rings. The summed E-state index contributed by atoms with van der Waals surface area (Å²) >= 11 is 0. The van der Waals surface area contributed by atoms with E-state index in [0.29, 0.717) is 0 Å². The molecule has 0 aliphatic heterocycles. The maximum absolute atomic E-state index is 11.0. The van der Waals surface area contributed by atoms with Gasteiger partial charge in [0.1, 0.15) is 0 Å². The van der Waals surface area contributed by atoms with Crippen LogP contribution in [0.1, 0.15) is 33.8 Å². The second-order valence-corrected chi connectivity index (χ2v) is 3.14. The van der Waals surface area contributed by atoms with E-state index in [1.807, 2.05) is 24.3 Å². The van der Waals surface area contributed by atoms with Gasteiger partial charge in [0.25, 0.3) is 0 Å². The van der Waals surface area contributed by atoms with E-state index in [1.165, 1.54) is 11.6 Å². The zero-order valence-electron chi connectivity index (χ0n) is 8.42. The standard InChI is InChI=1S/C12H15NO.2CH4/c1-3-5-10-6-8-11(9-7-10)13-12(14)4-2;;/h4,6-9H,2-3,5H2,1H3,(H,13,14);2*1H4.